The number of likely N-dealkylation sites (tertiary alicyclic amines) is 1. The fourth-order valence-corrected chi connectivity index (χ4v) is 4.72. The molecule has 0 unspecified atom stereocenters. The molecular weight excluding hydrogens is 515 g/mol. The molecule has 9 nitrogen and oxygen atoms in total. The van der Waals surface area contributed by atoms with Crippen LogP contribution in [-0.4, -0.2) is 52.0 Å². The minimum atomic E-state index is -0.535. The first kappa shape index (κ1) is 26.4. The molecule has 2 aromatic carbocycles. The number of aromatic nitrogens is 2. The Morgan fingerprint density at radius 1 is 1.05 bits per heavy atom. The van der Waals surface area contributed by atoms with Crippen molar-refractivity contribution in [2.24, 2.45) is 0 Å². The summed E-state index contributed by atoms with van der Waals surface area (Å²) >= 11 is 12.2. The van der Waals surface area contributed by atoms with Gasteiger partial charge in [-0.1, -0.05) is 48.0 Å². The minimum Gasteiger partial charge on any atom is -0.348 e. The molecule has 1 aromatic heterocycles. The molecule has 4 rings (SSSR count). The first-order valence-corrected chi connectivity index (χ1v) is 12.4. The Morgan fingerprint density at radius 3 is 2.46 bits per heavy atom. The van der Waals surface area contributed by atoms with Crippen molar-refractivity contribution in [2.45, 2.75) is 25.4 Å². The lowest BCUT2D eigenvalue weighted by atomic mass is 10.0. The normalized spacial score (nSPS) is 14.1. The van der Waals surface area contributed by atoms with E-state index in [1.807, 2.05) is 24.3 Å². The molecule has 0 atom stereocenters. The fourth-order valence-electron chi connectivity index (χ4n) is 4.15. The van der Waals surface area contributed by atoms with E-state index in [1.54, 1.807) is 18.2 Å². The van der Waals surface area contributed by atoms with Crippen LogP contribution in [0.2, 0.25) is 10.0 Å². The Balaban J connectivity index is 1.30. The zero-order chi connectivity index (χ0) is 26.4. The molecule has 0 saturated carbocycles. The van der Waals surface area contributed by atoms with Gasteiger partial charge in [-0.15, -0.1) is 0 Å². The average molecular weight is 541 g/mol. The highest BCUT2D eigenvalue weighted by Gasteiger charge is 2.25. The highest BCUT2D eigenvalue weighted by molar-refractivity contribution is 6.40. The summed E-state index contributed by atoms with van der Waals surface area (Å²) in [5, 5.41) is 15.5. The summed E-state index contributed by atoms with van der Waals surface area (Å²) in [5.41, 5.74) is 2.25. The van der Waals surface area contributed by atoms with Crippen molar-refractivity contribution >= 4 is 52.3 Å². The maximum atomic E-state index is 12.9. The van der Waals surface area contributed by atoms with E-state index >= 15 is 0 Å². The third-order valence-corrected chi connectivity index (χ3v) is 6.63. The molecule has 0 spiro atoms. The number of carbonyl (C=O) groups is 3. The maximum Gasteiger partial charge on any atom is 0.274 e. The standard InChI is InChI=1S/C26H26Cl2N6O3/c1-2-22(35)30-18-6-3-5-16(13-18)15-34-11-9-17(10-12-34)31-26(37)24-21(14-29-33-24)32-25(36)23-19(27)7-4-8-20(23)28/h2-8,13-14,17H,1,9-12,15H2,(H,29,33)(H,30,35)(H,31,37)(H,32,36). The Bertz CT molecular complexity index is 1300. The predicted octanol–water partition coefficient (Wildman–Crippen LogP) is 4.49. The monoisotopic (exact) mass is 540 g/mol. The first-order valence-electron chi connectivity index (χ1n) is 11.7. The van der Waals surface area contributed by atoms with Crippen LogP contribution in [-0.2, 0) is 11.3 Å². The van der Waals surface area contributed by atoms with Crippen LogP contribution in [0, 0.1) is 0 Å². The number of nitrogens with one attached hydrogen (secondary N) is 4. The van der Waals surface area contributed by atoms with Crippen LogP contribution in [0.15, 0.2) is 61.3 Å². The summed E-state index contributed by atoms with van der Waals surface area (Å²) in [6.07, 6.45) is 4.20. The number of benzene rings is 2. The van der Waals surface area contributed by atoms with Crippen molar-refractivity contribution in [3.8, 4) is 0 Å². The highest BCUT2D eigenvalue weighted by Crippen LogP contribution is 2.26. The van der Waals surface area contributed by atoms with Crippen molar-refractivity contribution in [2.75, 3.05) is 23.7 Å². The molecule has 1 saturated heterocycles. The number of halogens is 2. The van der Waals surface area contributed by atoms with Gasteiger partial charge in [0.2, 0.25) is 5.91 Å². The third kappa shape index (κ3) is 6.76. The number of hydrogen-bond acceptors (Lipinski definition) is 5. The van der Waals surface area contributed by atoms with Gasteiger partial charge < -0.3 is 16.0 Å². The number of piperidine rings is 1. The Kier molecular flexibility index (Phi) is 8.60. The molecular formula is C26H26Cl2N6O3. The largest absolute Gasteiger partial charge is 0.348 e. The quantitative estimate of drug-likeness (QED) is 0.314. The number of amides is 3. The van der Waals surface area contributed by atoms with E-state index in [0.717, 1.165) is 43.7 Å². The smallest absolute Gasteiger partial charge is 0.274 e. The molecule has 192 valence electrons. The minimum absolute atomic E-state index is 0.0276. The second-order valence-electron chi connectivity index (χ2n) is 8.62. The van der Waals surface area contributed by atoms with Gasteiger partial charge in [0, 0.05) is 37.6 Å². The van der Waals surface area contributed by atoms with Gasteiger partial charge >= 0.3 is 0 Å². The first-order chi connectivity index (χ1) is 17.8. The van der Waals surface area contributed by atoms with Gasteiger partial charge in [-0.2, -0.15) is 5.10 Å². The van der Waals surface area contributed by atoms with Crippen LogP contribution >= 0.6 is 23.2 Å². The molecule has 4 N–H and O–H groups in total. The molecule has 3 aromatic rings. The molecule has 1 fully saturated rings. The number of H-pyrrole nitrogens is 1. The topological polar surface area (TPSA) is 119 Å². The van der Waals surface area contributed by atoms with Gasteiger partial charge in [-0.05, 0) is 48.7 Å². The molecule has 1 aliphatic heterocycles. The van der Waals surface area contributed by atoms with Crippen LogP contribution in [0.4, 0.5) is 11.4 Å². The van der Waals surface area contributed by atoms with Crippen molar-refractivity contribution in [3.63, 3.8) is 0 Å². The van der Waals surface area contributed by atoms with Crippen molar-refractivity contribution in [1.82, 2.24) is 20.4 Å². The fraction of sp³-hybridized carbons (Fsp3) is 0.231. The van der Waals surface area contributed by atoms with Gasteiger partial charge in [-0.3, -0.25) is 24.4 Å². The SMILES string of the molecule is C=CC(=O)Nc1cccc(CN2CCC(NC(=O)c3n[nH]cc3NC(=O)c3c(Cl)cccc3Cl)CC2)c1. The number of nitrogens with zero attached hydrogens (tertiary/aromatic N) is 2. The van der Waals surface area contributed by atoms with E-state index in [2.05, 4.69) is 37.6 Å². The molecule has 3 amide bonds. The Labute approximate surface area is 224 Å². The molecule has 0 aliphatic carbocycles. The number of carbonyl (C=O) groups excluding carboxylic acids is 3. The lowest BCUT2D eigenvalue weighted by Crippen LogP contribution is -2.44. The van der Waals surface area contributed by atoms with E-state index in [4.69, 9.17) is 23.2 Å². The summed E-state index contributed by atoms with van der Waals surface area (Å²) in [7, 11) is 0. The van der Waals surface area contributed by atoms with Gasteiger partial charge in [-0.25, -0.2) is 0 Å². The number of anilines is 2. The van der Waals surface area contributed by atoms with Crippen LogP contribution in [0.25, 0.3) is 0 Å². The molecule has 0 bridgehead atoms. The van der Waals surface area contributed by atoms with Crippen LogP contribution in [0.3, 0.4) is 0 Å². The summed E-state index contributed by atoms with van der Waals surface area (Å²) in [5.74, 6) is -1.17. The highest BCUT2D eigenvalue weighted by atomic mass is 35.5. The zero-order valence-electron chi connectivity index (χ0n) is 19.9. The lowest BCUT2D eigenvalue weighted by Gasteiger charge is -2.32. The second-order valence-corrected chi connectivity index (χ2v) is 9.43. The number of aromatic amines is 1. The van der Waals surface area contributed by atoms with E-state index in [1.165, 1.54) is 12.3 Å². The van der Waals surface area contributed by atoms with E-state index in [0.29, 0.717) is 0 Å². The summed E-state index contributed by atoms with van der Waals surface area (Å²) in [4.78, 5) is 39.5. The van der Waals surface area contributed by atoms with E-state index in [-0.39, 0.29) is 44.8 Å². The zero-order valence-corrected chi connectivity index (χ0v) is 21.4. The molecule has 11 heteroatoms. The molecule has 37 heavy (non-hydrogen) atoms. The van der Waals surface area contributed by atoms with E-state index in [9.17, 15) is 14.4 Å². The van der Waals surface area contributed by atoms with Crippen molar-refractivity contribution in [1.29, 1.82) is 0 Å². The van der Waals surface area contributed by atoms with Gasteiger partial charge in [0.25, 0.3) is 11.8 Å². The van der Waals surface area contributed by atoms with Gasteiger partial charge in [0.1, 0.15) is 0 Å². The molecule has 1 aliphatic rings. The van der Waals surface area contributed by atoms with Crippen molar-refractivity contribution in [3.05, 3.63) is 88.2 Å². The van der Waals surface area contributed by atoms with Crippen LogP contribution in [0.5, 0.6) is 0 Å². The Morgan fingerprint density at radius 2 is 1.76 bits per heavy atom. The average Bonchev–Trinajstić information content (AvgIpc) is 3.33. The second kappa shape index (κ2) is 12.1. The third-order valence-electron chi connectivity index (χ3n) is 6.00. The number of hydrogen-bond donors (Lipinski definition) is 4. The maximum absolute atomic E-state index is 12.9. The van der Waals surface area contributed by atoms with Gasteiger partial charge in [0.15, 0.2) is 5.69 Å². The predicted molar refractivity (Wildman–Crippen MR) is 144 cm³/mol. The molecule has 0 radical (unpaired) electrons. The van der Waals surface area contributed by atoms with Gasteiger partial charge in [0.05, 0.1) is 21.3 Å². The van der Waals surface area contributed by atoms with Crippen molar-refractivity contribution < 1.29 is 14.4 Å². The summed E-state index contributed by atoms with van der Waals surface area (Å²) in [6.45, 7) is 5.79. The van der Waals surface area contributed by atoms with Crippen LogP contribution < -0.4 is 16.0 Å². The summed E-state index contributed by atoms with van der Waals surface area (Å²) < 4.78 is 0. The van der Waals surface area contributed by atoms with Crippen LogP contribution in [0.1, 0.15) is 39.3 Å². The lowest BCUT2D eigenvalue weighted by molar-refractivity contribution is -0.111. The Hall–Kier alpha value is -3.66. The molecule has 2 heterocycles. The number of rotatable bonds is 8. The van der Waals surface area contributed by atoms with E-state index < -0.39 is 5.91 Å². The summed E-state index contributed by atoms with van der Waals surface area (Å²) in [6, 6.07) is 12.4.